The third kappa shape index (κ3) is 4.79. The van der Waals surface area contributed by atoms with Crippen LogP contribution in [-0.2, 0) is 15.6 Å². The van der Waals surface area contributed by atoms with Crippen LogP contribution in [0.25, 0.3) is 11.3 Å². The molecule has 0 aliphatic carbocycles. The van der Waals surface area contributed by atoms with Gasteiger partial charge in [-0.05, 0) is 48.9 Å². The topological polar surface area (TPSA) is 59.1 Å². The van der Waals surface area contributed by atoms with Crippen LogP contribution in [0.2, 0.25) is 5.02 Å². The number of halogens is 1. The predicted molar refractivity (Wildman–Crippen MR) is 114 cm³/mol. The van der Waals surface area contributed by atoms with Crippen molar-refractivity contribution >= 4 is 21.4 Å². The van der Waals surface area contributed by atoms with Crippen LogP contribution in [0.3, 0.4) is 0 Å². The van der Waals surface area contributed by atoms with Gasteiger partial charge in [0.2, 0.25) is 0 Å². The first-order valence-corrected chi connectivity index (χ1v) is 11.2. The molecule has 6 heteroatoms. The van der Waals surface area contributed by atoms with Crippen LogP contribution in [0.1, 0.15) is 30.5 Å². The van der Waals surface area contributed by atoms with E-state index in [4.69, 9.17) is 11.6 Å². The Balaban J connectivity index is 1.81. The van der Waals surface area contributed by atoms with E-state index in [1.54, 1.807) is 36.5 Å². The molecular formula is C22H23ClN2O2S. The molecule has 146 valence electrons. The van der Waals surface area contributed by atoms with E-state index < -0.39 is 9.84 Å². The second-order valence-electron chi connectivity index (χ2n) is 6.64. The van der Waals surface area contributed by atoms with Crippen molar-refractivity contribution in [3.05, 3.63) is 83.0 Å². The van der Waals surface area contributed by atoms with E-state index >= 15 is 0 Å². The number of sulfone groups is 1. The summed E-state index contributed by atoms with van der Waals surface area (Å²) in [5.74, 6) is -0.0282. The van der Waals surface area contributed by atoms with Gasteiger partial charge in [-0.2, -0.15) is 0 Å². The molecule has 0 bridgehead atoms. The van der Waals surface area contributed by atoms with Crippen LogP contribution >= 0.6 is 11.6 Å². The summed E-state index contributed by atoms with van der Waals surface area (Å²) in [4.78, 5) is 4.57. The molecular weight excluding hydrogens is 392 g/mol. The summed E-state index contributed by atoms with van der Waals surface area (Å²) < 4.78 is 25.7. The second kappa shape index (κ2) is 8.86. The van der Waals surface area contributed by atoms with E-state index in [1.807, 2.05) is 37.4 Å². The molecule has 0 amide bonds. The molecule has 0 aliphatic heterocycles. The molecule has 0 radical (unpaired) electrons. The fraction of sp³-hybridized carbons (Fsp3) is 0.227. The van der Waals surface area contributed by atoms with Crippen LogP contribution < -0.4 is 5.32 Å². The fourth-order valence-electron chi connectivity index (χ4n) is 3.19. The van der Waals surface area contributed by atoms with Crippen LogP contribution in [-0.4, -0.2) is 20.4 Å². The minimum Gasteiger partial charge on any atom is -0.313 e. The first kappa shape index (κ1) is 20.5. The minimum absolute atomic E-state index is 0.0282. The maximum atomic E-state index is 12.9. The van der Waals surface area contributed by atoms with Gasteiger partial charge >= 0.3 is 0 Å². The van der Waals surface area contributed by atoms with Gasteiger partial charge in [-0.25, -0.2) is 8.42 Å². The third-order valence-electron chi connectivity index (χ3n) is 4.70. The standard InChI is InChI=1S/C22H23ClN2O2S/c1-3-21(24-2)18-6-4-5-16(13-18)15-28(26,27)20-10-7-17(8-11-20)22-12-9-19(23)14-25-22/h4-14,21,24H,3,15H2,1-2H3. The number of benzene rings is 2. The van der Waals surface area contributed by atoms with E-state index in [0.717, 1.165) is 28.8 Å². The number of pyridine rings is 1. The molecule has 0 saturated heterocycles. The zero-order valence-electron chi connectivity index (χ0n) is 15.9. The van der Waals surface area contributed by atoms with Gasteiger partial charge in [0.05, 0.1) is 21.4 Å². The van der Waals surface area contributed by atoms with Crippen molar-refractivity contribution < 1.29 is 8.42 Å². The Morgan fingerprint density at radius 1 is 1.07 bits per heavy atom. The molecule has 28 heavy (non-hydrogen) atoms. The van der Waals surface area contributed by atoms with Crippen molar-refractivity contribution in [3.63, 3.8) is 0 Å². The molecule has 0 fully saturated rings. The van der Waals surface area contributed by atoms with Gasteiger partial charge in [0.1, 0.15) is 0 Å². The summed E-state index contributed by atoms with van der Waals surface area (Å²) in [7, 11) is -1.53. The number of nitrogens with zero attached hydrogens (tertiary/aromatic N) is 1. The first-order valence-electron chi connectivity index (χ1n) is 9.14. The molecule has 1 atom stereocenters. The van der Waals surface area contributed by atoms with Crippen molar-refractivity contribution in [2.45, 2.75) is 30.0 Å². The van der Waals surface area contributed by atoms with E-state index in [0.29, 0.717) is 9.92 Å². The third-order valence-corrected chi connectivity index (χ3v) is 6.63. The Morgan fingerprint density at radius 2 is 1.82 bits per heavy atom. The largest absolute Gasteiger partial charge is 0.313 e. The molecule has 2 aromatic carbocycles. The molecule has 3 rings (SSSR count). The Bertz CT molecular complexity index is 1030. The molecule has 0 aliphatic rings. The lowest BCUT2D eigenvalue weighted by Gasteiger charge is -2.15. The van der Waals surface area contributed by atoms with Crippen molar-refractivity contribution in [3.8, 4) is 11.3 Å². The summed E-state index contributed by atoms with van der Waals surface area (Å²) >= 11 is 5.86. The van der Waals surface area contributed by atoms with Gasteiger partial charge in [-0.15, -0.1) is 0 Å². The molecule has 0 saturated carbocycles. The number of aromatic nitrogens is 1. The van der Waals surface area contributed by atoms with Gasteiger partial charge in [-0.3, -0.25) is 4.98 Å². The lowest BCUT2D eigenvalue weighted by molar-refractivity contribution is 0.576. The van der Waals surface area contributed by atoms with Gasteiger partial charge in [-0.1, -0.05) is 54.9 Å². The van der Waals surface area contributed by atoms with Crippen molar-refractivity contribution in [1.82, 2.24) is 10.3 Å². The van der Waals surface area contributed by atoms with Crippen LogP contribution in [0.5, 0.6) is 0 Å². The predicted octanol–water partition coefficient (Wildman–Crippen LogP) is 5.05. The van der Waals surface area contributed by atoms with Gasteiger partial charge in [0.25, 0.3) is 0 Å². The molecule has 1 unspecified atom stereocenters. The SMILES string of the molecule is CCC(NC)c1cccc(CS(=O)(=O)c2ccc(-c3ccc(Cl)cn3)cc2)c1. The van der Waals surface area contributed by atoms with Crippen molar-refractivity contribution in [1.29, 1.82) is 0 Å². The van der Waals surface area contributed by atoms with Crippen LogP contribution in [0.15, 0.2) is 71.8 Å². The van der Waals surface area contributed by atoms with E-state index in [-0.39, 0.29) is 11.8 Å². The molecule has 1 aromatic heterocycles. The van der Waals surface area contributed by atoms with E-state index in [9.17, 15) is 8.42 Å². The number of hydrogen-bond acceptors (Lipinski definition) is 4. The number of rotatable bonds is 7. The zero-order chi connectivity index (χ0) is 20.1. The molecule has 0 spiro atoms. The first-order chi connectivity index (χ1) is 13.4. The average Bonchev–Trinajstić information content (AvgIpc) is 2.70. The Kier molecular flexibility index (Phi) is 6.50. The highest BCUT2D eigenvalue weighted by Gasteiger charge is 2.17. The Labute approximate surface area is 171 Å². The van der Waals surface area contributed by atoms with Crippen LogP contribution in [0.4, 0.5) is 0 Å². The van der Waals surface area contributed by atoms with Gasteiger partial charge in [0, 0.05) is 17.8 Å². The van der Waals surface area contributed by atoms with Crippen molar-refractivity contribution in [2.75, 3.05) is 7.05 Å². The Hall–Kier alpha value is -2.21. The highest BCUT2D eigenvalue weighted by Crippen LogP contribution is 2.24. The van der Waals surface area contributed by atoms with E-state index in [2.05, 4.69) is 17.2 Å². The summed E-state index contributed by atoms with van der Waals surface area (Å²) in [6.45, 7) is 2.10. The minimum atomic E-state index is -3.44. The Morgan fingerprint density at radius 3 is 2.43 bits per heavy atom. The van der Waals surface area contributed by atoms with Crippen LogP contribution in [0, 0.1) is 0 Å². The molecule has 1 heterocycles. The summed E-state index contributed by atoms with van der Waals surface area (Å²) in [6.07, 6.45) is 2.51. The smallest absolute Gasteiger partial charge is 0.182 e. The van der Waals surface area contributed by atoms with Gasteiger partial charge in [0.15, 0.2) is 9.84 Å². The fourth-order valence-corrected chi connectivity index (χ4v) is 4.64. The normalized spacial score (nSPS) is 12.7. The van der Waals surface area contributed by atoms with Crippen molar-refractivity contribution in [2.24, 2.45) is 0 Å². The lowest BCUT2D eigenvalue weighted by atomic mass is 10.0. The molecule has 1 N–H and O–H groups in total. The highest BCUT2D eigenvalue weighted by molar-refractivity contribution is 7.90. The number of hydrogen-bond donors (Lipinski definition) is 1. The highest BCUT2D eigenvalue weighted by atomic mass is 35.5. The average molecular weight is 415 g/mol. The molecule has 3 aromatic rings. The second-order valence-corrected chi connectivity index (χ2v) is 9.07. The summed E-state index contributed by atoms with van der Waals surface area (Å²) in [6, 6.07) is 18.4. The van der Waals surface area contributed by atoms with Gasteiger partial charge < -0.3 is 5.32 Å². The molecule has 4 nitrogen and oxygen atoms in total. The maximum absolute atomic E-state index is 12.9. The van der Waals surface area contributed by atoms with E-state index in [1.165, 1.54) is 0 Å². The monoisotopic (exact) mass is 414 g/mol. The maximum Gasteiger partial charge on any atom is 0.182 e. The lowest BCUT2D eigenvalue weighted by Crippen LogP contribution is -2.15. The number of nitrogens with one attached hydrogen (secondary N) is 1. The zero-order valence-corrected chi connectivity index (χ0v) is 17.5. The quantitative estimate of drug-likeness (QED) is 0.587. The summed E-state index contributed by atoms with van der Waals surface area (Å²) in [5.41, 5.74) is 3.48. The summed E-state index contributed by atoms with van der Waals surface area (Å²) in [5, 5.41) is 3.82.